The van der Waals surface area contributed by atoms with E-state index in [0.717, 1.165) is 15.8 Å². The summed E-state index contributed by atoms with van der Waals surface area (Å²) in [5.74, 6) is -0.0420. The third-order valence-corrected chi connectivity index (χ3v) is 8.11. The van der Waals surface area contributed by atoms with Crippen molar-refractivity contribution in [1.82, 2.24) is 20.3 Å². The number of pyridine rings is 3. The Bertz CT molecular complexity index is 1610. The maximum atomic E-state index is 14.7. The molecule has 8 nitrogen and oxygen atoms in total. The lowest BCUT2D eigenvalue weighted by Crippen LogP contribution is -2.45. The van der Waals surface area contributed by atoms with Gasteiger partial charge in [-0.05, 0) is 62.1 Å². The Kier molecular flexibility index (Phi) is 8.86. The normalized spacial score (nSPS) is 17.4. The van der Waals surface area contributed by atoms with Crippen molar-refractivity contribution in [2.24, 2.45) is 0 Å². The van der Waals surface area contributed by atoms with E-state index in [2.05, 4.69) is 10.3 Å². The molecule has 4 radical (unpaired) electrons. The number of carbonyl (C=O) groups is 1. The van der Waals surface area contributed by atoms with Crippen molar-refractivity contribution >= 4 is 50.1 Å². The number of aromatic nitrogens is 3. The Morgan fingerprint density at radius 1 is 1.12 bits per heavy atom. The van der Waals surface area contributed by atoms with Crippen molar-refractivity contribution < 1.29 is 19.0 Å². The van der Waals surface area contributed by atoms with Crippen LogP contribution < -0.4 is 10.2 Å². The maximum absolute atomic E-state index is 14.7. The van der Waals surface area contributed by atoms with Gasteiger partial charge in [0.1, 0.15) is 27.3 Å². The highest BCUT2D eigenvalue weighted by Crippen LogP contribution is 2.27. The second-order valence-corrected chi connectivity index (χ2v) is 11.7. The van der Waals surface area contributed by atoms with Crippen molar-refractivity contribution in [3.8, 4) is 11.4 Å². The van der Waals surface area contributed by atoms with E-state index in [1.54, 1.807) is 30.5 Å². The number of aryl methyl sites for hydroxylation is 1. The molecule has 2 atom stereocenters. The lowest BCUT2D eigenvalue weighted by Gasteiger charge is -2.36. The molecule has 212 valence electrons. The lowest BCUT2D eigenvalue weighted by atomic mass is 9.67. The van der Waals surface area contributed by atoms with Crippen LogP contribution in [0.1, 0.15) is 35.5 Å². The lowest BCUT2D eigenvalue weighted by molar-refractivity contribution is -0.00547. The molecule has 12 heteroatoms. The molecule has 2 unspecified atom stereocenters. The Morgan fingerprint density at radius 2 is 1.88 bits per heavy atom. The summed E-state index contributed by atoms with van der Waals surface area (Å²) >= 11 is 1.27. The van der Waals surface area contributed by atoms with Crippen LogP contribution in [0, 0.1) is 12.7 Å². The molecule has 4 heterocycles. The zero-order valence-electron chi connectivity index (χ0n) is 23.7. The molecule has 0 spiro atoms. The first-order valence-corrected chi connectivity index (χ1v) is 14.6. The van der Waals surface area contributed by atoms with E-state index in [1.807, 2.05) is 37.8 Å². The van der Waals surface area contributed by atoms with Gasteiger partial charge in [-0.25, -0.2) is 14.4 Å². The average molecular weight is 581 g/mol. The molecule has 0 bridgehead atoms. The summed E-state index contributed by atoms with van der Waals surface area (Å²) in [6.45, 7) is 7.31. The first kappa shape index (κ1) is 30.0. The smallest absolute Gasteiger partial charge is 0.251 e. The van der Waals surface area contributed by atoms with E-state index in [1.165, 1.54) is 23.9 Å². The minimum atomic E-state index is -1.81. The number of carbonyl (C=O) groups excluding carboxylic acids is 1. The van der Waals surface area contributed by atoms with Gasteiger partial charge in [0.2, 0.25) is 0 Å². The highest BCUT2D eigenvalue weighted by Gasteiger charge is 2.24. The molecule has 1 fully saturated rings. The number of ether oxygens (including phenoxy) is 1. The van der Waals surface area contributed by atoms with Gasteiger partial charge in [-0.3, -0.25) is 9.78 Å². The van der Waals surface area contributed by atoms with Gasteiger partial charge in [0.15, 0.2) is 0 Å². The van der Waals surface area contributed by atoms with Crippen molar-refractivity contribution in [1.29, 1.82) is 0 Å². The Hall–Kier alpha value is -3.47. The monoisotopic (exact) mass is 581 g/mol. The first-order valence-electron chi connectivity index (χ1n) is 13.6. The van der Waals surface area contributed by atoms with Gasteiger partial charge in [-0.15, -0.1) is 11.8 Å². The van der Waals surface area contributed by atoms with Gasteiger partial charge in [0.05, 0.1) is 41.4 Å². The second-order valence-electron chi connectivity index (χ2n) is 10.7. The van der Waals surface area contributed by atoms with Crippen LogP contribution in [0.2, 0.25) is 0 Å². The number of thioether (sulfide) groups is 1. The quantitative estimate of drug-likeness (QED) is 0.240. The van der Waals surface area contributed by atoms with E-state index in [9.17, 15) is 14.3 Å². The number of anilines is 1. The number of hydrogen-bond donors (Lipinski definition) is 2. The third kappa shape index (κ3) is 7.48. The van der Waals surface area contributed by atoms with Crippen LogP contribution in [0.15, 0.2) is 59.6 Å². The number of aliphatic hydroxyl groups is 1. The molecular formula is C30H30B2FN5O3S. The van der Waals surface area contributed by atoms with Gasteiger partial charge in [0.25, 0.3) is 5.91 Å². The fourth-order valence-corrected chi connectivity index (χ4v) is 5.69. The summed E-state index contributed by atoms with van der Waals surface area (Å²) in [6.07, 6.45) is 1.72. The van der Waals surface area contributed by atoms with Crippen LogP contribution in [0.5, 0.6) is 0 Å². The molecule has 42 heavy (non-hydrogen) atoms. The molecule has 3 aromatic heterocycles. The molecule has 1 saturated heterocycles. The number of rotatable bonds is 8. The Balaban J connectivity index is 1.32. The predicted molar refractivity (Wildman–Crippen MR) is 164 cm³/mol. The molecule has 1 amide bonds. The standard InChI is InChI=1S/C30H30B2FN5O3S/c1-17-4-5-20(8-27(17)42-16-30(31,32)40)29(39)35-13-23-11-25-21(12-34-23)6-7-24(36-25)26-9-22(33)10-28(37-26)38-14-18(2)41-19(3)15-38/h4-12,18-19,40H,13-16H2,1-3H3,(H,35,39). The van der Waals surface area contributed by atoms with Crippen molar-refractivity contribution in [3.05, 3.63) is 77.4 Å². The van der Waals surface area contributed by atoms with Crippen LogP contribution in [-0.2, 0) is 11.3 Å². The van der Waals surface area contributed by atoms with Gasteiger partial charge < -0.3 is 20.1 Å². The summed E-state index contributed by atoms with van der Waals surface area (Å²) < 4.78 is 20.5. The highest BCUT2D eigenvalue weighted by molar-refractivity contribution is 7.99. The van der Waals surface area contributed by atoms with Gasteiger partial charge >= 0.3 is 0 Å². The van der Waals surface area contributed by atoms with Gasteiger partial charge in [0, 0.05) is 53.0 Å². The number of nitrogens with zero attached hydrogens (tertiary/aromatic N) is 4. The van der Waals surface area contributed by atoms with E-state index in [0.29, 0.717) is 47.1 Å². The second kappa shape index (κ2) is 12.4. The van der Waals surface area contributed by atoms with E-state index in [-0.39, 0.29) is 36.2 Å². The molecule has 0 aliphatic carbocycles. The fourth-order valence-electron chi connectivity index (χ4n) is 4.80. The molecule has 5 rings (SSSR count). The summed E-state index contributed by atoms with van der Waals surface area (Å²) in [6, 6.07) is 13.6. The maximum Gasteiger partial charge on any atom is 0.251 e. The number of nitrogens with one attached hydrogen (secondary N) is 1. The number of morpholine rings is 1. The molecule has 4 aromatic rings. The van der Waals surface area contributed by atoms with Crippen LogP contribution in [0.3, 0.4) is 0 Å². The molecule has 2 N–H and O–H groups in total. The van der Waals surface area contributed by atoms with E-state index >= 15 is 0 Å². The minimum Gasteiger partial charge on any atom is -0.408 e. The molecular weight excluding hydrogens is 551 g/mol. The highest BCUT2D eigenvalue weighted by atomic mass is 32.2. The number of hydrogen-bond acceptors (Lipinski definition) is 8. The van der Waals surface area contributed by atoms with Crippen LogP contribution >= 0.6 is 11.8 Å². The number of benzene rings is 1. The zero-order chi connectivity index (χ0) is 30.0. The zero-order valence-corrected chi connectivity index (χ0v) is 24.5. The van der Waals surface area contributed by atoms with Crippen LogP contribution in [0.4, 0.5) is 10.2 Å². The topological polar surface area (TPSA) is 100 Å². The summed E-state index contributed by atoms with van der Waals surface area (Å²) in [5.41, 5.74) is 3.62. The van der Waals surface area contributed by atoms with E-state index < -0.39 is 5.40 Å². The molecule has 1 aromatic carbocycles. The van der Waals surface area contributed by atoms with Crippen molar-refractivity contribution in [3.63, 3.8) is 0 Å². The fraction of sp³-hybridized carbons (Fsp3) is 0.333. The average Bonchev–Trinajstić information content (AvgIpc) is 2.93. The SMILES string of the molecule is [B]C([B])(O)CSc1cc(C(=O)NCc2cc3nc(-c4cc(F)cc(N5CC(C)OC(C)C5)n4)ccc3cn2)ccc1C. The first-order chi connectivity index (χ1) is 19.9. The summed E-state index contributed by atoms with van der Waals surface area (Å²) in [5, 5.41) is 11.5. The van der Waals surface area contributed by atoms with E-state index in [4.69, 9.17) is 30.4 Å². The minimum absolute atomic E-state index is 0.0169. The van der Waals surface area contributed by atoms with Gasteiger partial charge in [-0.2, -0.15) is 0 Å². The molecule has 1 aliphatic heterocycles. The molecule has 1 aliphatic rings. The Labute approximate surface area is 251 Å². The predicted octanol–water partition coefficient (Wildman–Crippen LogP) is 3.76. The third-order valence-electron chi connectivity index (χ3n) is 6.75. The van der Waals surface area contributed by atoms with Crippen LogP contribution in [-0.4, -0.2) is 78.1 Å². The summed E-state index contributed by atoms with van der Waals surface area (Å²) in [7, 11) is 10.9. The summed E-state index contributed by atoms with van der Waals surface area (Å²) in [4.78, 5) is 29.7. The van der Waals surface area contributed by atoms with Gasteiger partial charge in [-0.1, -0.05) is 6.07 Å². The molecule has 0 saturated carbocycles. The van der Waals surface area contributed by atoms with Crippen LogP contribution in [0.25, 0.3) is 22.3 Å². The Morgan fingerprint density at radius 3 is 2.62 bits per heavy atom. The number of amides is 1. The number of halogens is 1. The van der Waals surface area contributed by atoms with Crippen molar-refractivity contribution in [2.45, 2.75) is 49.8 Å². The largest absolute Gasteiger partial charge is 0.408 e. The number of fused-ring (bicyclic) bond motifs is 1. The van der Waals surface area contributed by atoms with Crippen molar-refractivity contribution in [2.75, 3.05) is 23.7 Å².